The lowest BCUT2D eigenvalue weighted by Crippen LogP contribution is -2.29. The van der Waals surface area contributed by atoms with Crippen molar-refractivity contribution >= 4 is 11.6 Å². The number of benzene rings is 3. The molecule has 0 fully saturated rings. The molecule has 0 aliphatic carbocycles. The average Bonchev–Trinajstić information content (AvgIpc) is 3.29. The first-order valence-corrected chi connectivity index (χ1v) is 9.74. The van der Waals surface area contributed by atoms with Crippen molar-refractivity contribution in [2.75, 3.05) is 4.90 Å². The number of hydrogen-bond donors (Lipinski definition) is 1. The van der Waals surface area contributed by atoms with Crippen LogP contribution in [0.1, 0.15) is 38.8 Å². The highest BCUT2D eigenvalue weighted by Crippen LogP contribution is 2.44. The second-order valence-electron chi connectivity index (χ2n) is 7.55. The average molecular weight is 379 g/mol. The number of H-pyrrole nitrogens is 1. The van der Waals surface area contributed by atoms with E-state index in [9.17, 15) is 4.79 Å². The number of para-hydroxylation sites is 1. The Balaban J connectivity index is 1.72. The van der Waals surface area contributed by atoms with Crippen LogP contribution in [0, 0.1) is 13.8 Å². The summed E-state index contributed by atoms with van der Waals surface area (Å²) in [7, 11) is 0. The Bertz CT molecular complexity index is 1180. The van der Waals surface area contributed by atoms with Gasteiger partial charge in [0.1, 0.15) is 5.69 Å². The van der Waals surface area contributed by atoms with Crippen LogP contribution in [0.5, 0.6) is 0 Å². The largest absolute Gasteiger partial charge is 0.295 e. The van der Waals surface area contributed by atoms with Crippen molar-refractivity contribution in [2.24, 2.45) is 0 Å². The number of anilines is 1. The summed E-state index contributed by atoms with van der Waals surface area (Å²) in [5.41, 5.74) is 7.67. The molecular formula is C25H21N3O. The molecule has 1 aliphatic heterocycles. The third kappa shape index (κ3) is 2.85. The Hall–Kier alpha value is -3.66. The van der Waals surface area contributed by atoms with E-state index in [1.165, 1.54) is 11.1 Å². The SMILES string of the molecule is Cc1ccc(-c2n[nH]c3c2[C@H](c2ccc(C)cc2)N(c2ccccc2)C3=O)cc1. The van der Waals surface area contributed by atoms with Gasteiger partial charge in [0, 0.05) is 16.8 Å². The lowest BCUT2D eigenvalue weighted by molar-refractivity contribution is 0.0989. The zero-order valence-electron chi connectivity index (χ0n) is 16.4. The highest BCUT2D eigenvalue weighted by Gasteiger charge is 2.42. The molecule has 1 N–H and O–H groups in total. The molecule has 4 heteroatoms. The molecule has 5 rings (SSSR count). The van der Waals surface area contributed by atoms with Gasteiger partial charge in [0.2, 0.25) is 0 Å². The number of aryl methyl sites for hydroxylation is 2. The molecule has 0 radical (unpaired) electrons. The van der Waals surface area contributed by atoms with Crippen LogP contribution in [0.25, 0.3) is 11.3 Å². The van der Waals surface area contributed by atoms with Gasteiger partial charge in [0.25, 0.3) is 5.91 Å². The Morgan fingerprint density at radius 2 is 1.45 bits per heavy atom. The molecule has 1 atom stereocenters. The molecule has 4 nitrogen and oxygen atoms in total. The lowest BCUT2D eigenvalue weighted by Gasteiger charge is -2.26. The van der Waals surface area contributed by atoms with Crippen LogP contribution < -0.4 is 4.90 Å². The number of aromatic nitrogens is 2. The number of hydrogen-bond acceptors (Lipinski definition) is 2. The van der Waals surface area contributed by atoms with Crippen LogP contribution in [-0.4, -0.2) is 16.1 Å². The maximum atomic E-state index is 13.4. The molecule has 2 heterocycles. The second-order valence-corrected chi connectivity index (χ2v) is 7.55. The van der Waals surface area contributed by atoms with Crippen molar-refractivity contribution in [3.8, 4) is 11.3 Å². The van der Waals surface area contributed by atoms with Gasteiger partial charge in [-0.3, -0.25) is 14.8 Å². The van der Waals surface area contributed by atoms with E-state index >= 15 is 0 Å². The maximum Gasteiger partial charge on any atom is 0.277 e. The topological polar surface area (TPSA) is 49.0 Å². The van der Waals surface area contributed by atoms with E-state index in [0.29, 0.717) is 5.69 Å². The van der Waals surface area contributed by atoms with E-state index in [-0.39, 0.29) is 11.9 Å². The first kappa shape index (κ1) is 17.4. The summed E-state index contributed by atoms with van der Waals surface area (Å²) in [6.45, 7) is 4.13. The van der Waals surface area contributed by atoms with E-state index in [1.54, 1.807) is 0 Å². The van der Waals surface area contributed by atoms with Gasteiger partial charge in [-0.05, 0) is 31.5 Å². The molecule has 0 spiro atoms. The molecule has 0 saturated carbocycles. The van der Waals surface area contributed by atoms with Gasteiger partial charge in [0.05, 0.1) is 11.7 Å². The van der Waals surface area contributed by atoms with Crippen LogP contribution in [0.4, 0.5) is 5.69 Å². The number of rotatable bonds is 3. The zero-order valence-corrected chi connectivity index (χ0v) is 16.4. The van der Waals surface area contributed by atoms with Crippen LogP contribution in [-0.2, 0) is 0 Å². The third-order valence-electron chi connectivity index (χ3n) is 5.52. The van der Waals surface area contributed by atoms with Crippen molar-refractivity contribution in [1.82, 2.24) is 10.2 Å². The molecule has 0 unspecified atom stereocenters. The van der Waals surface area contributed by atoms with Crippen molar-refractivity contribution < 1.29 is 4.79 Å². The number of fused-ring (bicyclic) bond motifs is 1. The van der Waals surface area contributed by atoms with Crippen molar-refractivity contribution in [1.29, 1.82) is 0 Å². The normalized spacial score (nSPS) is 15.6. The fraction of sp³-hybridized carbons (Fsp3) is 0.120. The van der Waals surface area contributed by atoms with Gasteiger partial charge in [-0.1, -0.05) is 77.9 Å². The van der Waals surface area contributed by atoms with E-state index in [4.69, 9.17) is 0 Å². The highest BCUT2D eigenvalue weighted by molar-refractivity contribution is 6.11. The maximum absolute atomic E-state index is 13.4. The predicted octanol–water partition coefficient (Wildman–Crippen LogP) is 5.44. The van der Waals surface area contributed by atoms with Gasteiger partial charge in [-0.25, -0.2) is 0 Å². The zero-order chi connectivity index (χ0) is 20.0. The van der Waals surface area contributed by atoms with E-state index in [1.807, 2.05) is 35.2 Å². The summed E-state index contributed by atoms with van der Waals surface area (Å²) < 4.78 is 0. The van der Waals surface area contributed by atoms with Gasteiger partial charge in [0.15, 0.2) is 0 Å². The highest BCUT2D eigenvalue weighted by atomic mass is 16.2. The van der Waals surface area contributed by atoms with Crippen molar-refractivity contribution in [2.45, 2.75) is 19.9 Å². The molecule has 29 heavy (non-hydrogen) atoms. The van der Waals surface area contributed by atoms with Crippen LogP contribution >= 0.6 is 0 Å². The van der Waals surface area contributed by atoms with E-state index < -0.39 is 0 Å². The molecule has 0 bridgehead atoms. The summed E-state index contributed by atoms with van der Waals surface area (Å²) in [5, 5.41) is 7.56. The van der Waals surface area contributed by atoms with Crippen LogP contribution in [0.3, 0.4) is 0 Å². The fourth-order valence-corrected chi connectivity index (χ4v) is 4.00. The van der Waals surface area contributed by atoms with Crippen LogP contribution in [0.2, 0.25) is 0 Å². The van der Waals surface area contributed by atoms with E-state index in [0.717, 1.165) is 28.1 Å². The quantitative estimate of drug-likeness (QED) is 0.515. The molecule has 1 amide bonds. The van der Waals surface area contributed by atoms with Crippen molar-refractivity contribution in [3.05, 3.63) is 107 Å². The molecule has 1 aromatic heterocycles. The molecule has 142 valence electrons. The lowest BCUT2D eigenvalue weighted by atomic mass is 9.95. The summed E-state index contributed by atoms with van der Waals surface area (Å²) in [6.07, 6.45) is 0. The Morgan fingerprint density at radius 1 is 0.828 bits per heavy atom. The minimum absolute atomic E-state index is 0.0531. The Labute approximate surface area is 169 Å². The smallest absolute Gasteiger partial charge is 0.277 e. The number of amides is 1. The Morgan fingerprint density at radius 3 is 2.10 bits per heavy atom. The first-order valence-electron chi connectivity index (χ1n) is 9.74. The van der Waals surface area contributed by atoms with Crippen molar-refractivity contribution in [3.63, 3.8) is 0 Å². The molecule has 0 saturated heterocycles. The van der Waals surface area contributed by atoms with Gasteiger partial charge >= 0.3 is 0 Å². The monoisotopic (exact) mass is 379 g/mol. The summed E-state index contributed by atoms with van der Waals surface area (Å²) in [5.74, 6) is -0.0531. The summed E-state index contributed by atoms with van der Waals surface area (Å²) >= 11 is 0. The number of carbonyl (C=O) groups is 1. The molecule has 1 aliphatic rings. The van der Waals surface area contributed by atoms with Gasteiger partial charge in [-0.2, -0.15) is 5.10 Å². The summed E-state index contributed by atoms with van der Waals surface area (Å²) in [6, 6.07) is 26.3. The Kier molecular flexibility index (Phi) is 4.06. The number of nitrogens with one attached hydrogen (secondary N) is 1. The number of nitrogens with zero attached hydrogens (tertiary/aromatic N) is 2. The molecule has 4 aromatic rings. The number of aromatic amines is 1. The fourth-order valence-electron chi connectivity index (χ4n) is 4.00. The standard InChI is InChI=1S/C25H21N3O/c1-16-8-12-18(13-9-16)22-21-23(27-26-22)25(29)28(20-6-4-3-5-7-20)24(21)19-14-10-17(2)11-15-19/h3-15,24H,1-2H3,(H,26,27)/t24-/m0/s1. The minimum Gasteiger partial charge on any atom is -0.295 e. The molecule has 3 aromatic carbocycles. The van der Waals surface area contributed by atoms with Gasteiger partial charge < -0.3 is 0 Å². The summed E-state index contributed by atoms with van der Waals surface area (Å²) in [4.78, 5) is 15.3. The second kappa shape index (κ2) is 6.74. The predicted molar refractivity (Wildman–Crippen MR) is 115 cm³/mol. The van der Waals surface area contributed by atoms with Crippen LogP contribution in [0.15, 0.2) is 78.9 Å². The van der Waals surface area contributed by atoms with Gasteiger partial charge in [-0.15, -0.1) is 0 Å². The number of carbonyl (C=O) groups excluding carboxylic acids is 1. The molecular weight excluding hydrogens is 358 g/mol. The first-order chi connectivity index (χ1) is 14.1. The van der Waals surface area contributed by atoms with E-state index in [2.05, 4.69) is 72.6 Å². The third-order valence-corrected chi connectivity index (χ3v) is 5.52. The minimum atomic E-state index is -0.226.